The molecule has 0 aromatic heterocycles. The van der Waals surface area contributed by atoms with Crippen LogP contribution in [0, 0.1) is 0 Å². The molecule has 0 aliphatic rings. The Morgan fingerprint density at radius 2 is 1.95 bits per heavy atom. The van der Waals surface area contributed by atoms with Crippen LogP contribution in [-0.2, 0) is 0 Å². The van der Waals surface area contributed by atoms with Crippen LogP contribution >= 0.6 is 43.5 Å². The predicted molar refractivity (Wildman–Crippen MR) is 87.8 cm³/mol. The van der Waals surface area contributed by atoms with Crippen molar-refractivity contribution in [3.8, 4) is 5.75 Å². The number of amides is 1. The van der Waals surface area contributed by atoms with Crippen molar-refractivity contribution in [2.75, 3.05) is 12.4 Å². The molecule has 0 bridgehead atoms. The number of ether oxygens (including phenoxy) is 1. The summed E-state index contributed by atoms with van der Waals surface area (Å²) in [4.78, 5) is 12.3. The number of hydrogen-bond acceptors (Lipinski definition) is 2. The quantitative estimate of drug-likeness (QED) is 0.749. The van der Waals surface area contributed by atoms with Crippen LogP contribution in [0.2, 0.25) is 5.02 Å². The molecule has 1 amide bonds. The Bertz CT molecular complexity index is 662. The summed E-state index contributed by atoms with van der Waals surface area (Å²) in [6, 6.07) is 10.4. The largest absolute Gasteiger partial charge is 0.495 e. The molecule has 2 aromatic carbocycles. The molecule has 2 aromatic rings. The maximum atomic E-state index is 12.3. The van der Waals surface area contributed by atoms with E-state index in [1.54, 1.807) is 37.4 Å². The van der Waals surface area contributed by atoms with E-state index in [2.05, 4.69) is 37.2 Å². The van der Waals surface area contributed by atoms with Crippen LogP contribution in [0.4, 0.5) is 5.69 Å². The summed E-state index contributed by atoms with van der Waals surface area (Å²) in [6.45, 7) is 0. The lowest BCUT2D eigenvalue weighted by Crippen LogP contribution is -2.13. The second-order valence-electron chi connectivity index (χ2n) is 3.92. The van der Waals surface area contributed by atoms with E-state index in [0.29, 0.717) is 26.5 Å². The number of methoxy groups -OCH3 is 1. The average Bonchev–Trinajstić information content (AvgIpc) is 2.38. The molecule has 0 aliphatic heterocycles. The van der Waals surface area contributed by atoms with Crippen LogP contribution in [-0.4, -0.2) is 13.0 Å². The first-order valence-corrected chi connectivity index (χ1v) is 7.57. The van der Waals surface area contributed by atoms with E-state index in [4.69, 9.17) is 16.3 Å². The molecule has 0 saturated carbocycles. The van der Waals surface area contributed by atoms with E-state index in [1.807, 2.05) is 6.07 Å². The van der Waals surface area contributed by atoms with Crippen LogP contribution in [0.1, 0.15) is 10.4 Å². The fraction of sp³-hybridized carbons (Fsp3) is 0.0714. The van der Waals surface area contributed by atoms with Gasteiger partial charge in [0.15, 0.2) is 0 Å². The van der Waals surface area contributed by atoms with E-state index in [-0.39, 0.29) is 5.91 Å². The van der Waals surface area contributed by atoms with Crippen molar-refractivity contribution >= 4 is 55.1 Å². The number of hydrogen-bond donors (Lipinski definition) is 1. The smallest absolute Gasteiger partial charge is 0.256 e. The number of rotatable bonds is 3. The molecule has 104 valence electrons. The van der Waals surface area contributed by atoms with Crippen molar-refractivity contribution in [2.24, 2.45) is 0 Å². The Hall–Kier alpha value is -1.04. The highest BCUT2D eigenvalue weighted by molar-refractivity contribution is 9.10. The first kappa shape index (κ1) is 15.4. The monoisotopic (exact) mass is 417 g/mol. The van der Waals surface area contributed by atoms with Crippen LogP contribution in [0.25, 0.3) is 0 Å². The van der Waals surface area contributed by atoms with Crippen LogP contribution in [0.3, 0.4) is 0 Å². The fourth-order valence-corrected chi connectivity index (χ4v) is 2.86. The summed E-state index contributed by atoms with van der Waals surface area (Å²) in [5, 5.41) is 3.38. The van der Waals surface area contributed by atoms with E-state index < -0.39 is 0 Å². The Morgan fingerprint density at radius 1 is 1.20 bits per heavy atom. The van der Waals surface area contributed by atoms with Gasteiger partial charge < -0.3 is 10.1 Å². The van der Waals surface area contributed by atoms with Gasteiger partial charge >= 0.3 is 0 Å². The topological polar surface area (TPSA) is 38.3 Å². The second kappa shape index (κ2) is 6.61. The summed E-state index contributed by atoms with van der Waals surface area (Å²) in [5.41, 5.74) is 1.09. The van der Waals surface area contributed by atoms with E-state index >= 15 is 0 Å². The predicted octanol–water partition coefficient (Wildman–Crippen LogP) is 5.13. The Labute approximate surface area is 138 Å². The normalized spacial score (nSPS) is 10.2. The van der Waals surface area contributed by atoms with Crippen LogP contribution in [0.5, 0.6) is 5.75 Å². The molecular formula is C14H10Br2ClNO2. The van der Waals surface area contributed by atoms with Crippen molar-refractivity contribution in [1.82, 2.24) is 0 Å². The van der Waals surface area contributed by atoms with Crippen LogP contribution < -0.4 is 10.1 Å². The first-order chi connectivity index (χ1) is 9.51. The molecule has 0 atom stereocenters. The third kappa shape index (κ3) is 3.53. The van der Waals surface area contributed by atoms with Gasteiger partial charge in [0.1, 0.15) is 5.75 Å². The van der Waals surface area contributed by atoms with Gasteiger partial charge in [-0.25, -0.2) is 0 Å². The summed E-state index contributed by atoms with van der Waals surface area (Å²) in [7, 11) is 1.55. The maximum Gasteiger partial charge on any atom is 0.256 e. The van der Waals surface area contributed by atoms with E-state index in [9.17, 15) is 4.79 Å². The van der Waals surface area contributed by atoms with Gasteiger partial charge in [0.2, 0.25) is 0 Å². The van der Waals surface area contributed by atoms with Gasteiger partial charge in [-0.05, 0) is 52.3 Å². The SMILES string of the molecule is COc1ccc(Br)cc1NC(=O)c1ccc(Cl)cc1Br. The second-order valence-corrected chi connectivity index (χ2v) is 6.13. The van der Waals surface area contributed by atoms with Gasteiger partial charge in [-0.2, -0.15) is 0 Å². The van der Waals surface area contributed by atoms with Gasteiger partial charge in [-0.3, -0.25) is 4.79 Å². The molecule has 0 unspecified atom stereocenters. The molecule has 1 N–H and O–H groups in total. The highest BCUT2D eigenvalue weighted by Crippen LogP contribution is 2.29. The number of halogens is 3. The summed E-state index contributed by atoms with van der Waals surface area (Å²) < 4.78 is 6.70. The van der Waals surface area contributed by atoms with Crippen molar-refractivity contribution in [2.45, 2.75) is 0 Å². The molecule has 0 saturated heterocycles. The molecule has 2 rings (SSSR count). The Morgan fingerprint density at radius 3 is 2.60 bits per heavy atom. The van der Waals surface area contributed by atoms with E-state index in [0.717, 1.165) is 4.47 Å². The minimum absolute atomic E-state index is 0.245. The lowest BCUT2D eigenvalue weighted by atomic mass is 10.2. The minimum atomic E-state index is -0.245. The van der Waals surface area contributed by atoms with E-state index in [1.165, 1.54) is 0 Å². The first-order valence-electron chi connectivity index (χ1n) is 5.61. The molecular weight excluding hydrogens is 409 g/mol. The number of anilines is 1. The number of carbonyl (C=O) groups is 1. The Balaban J connectivity index is 2.30. The fourth-order valence-electron chi connectivity index (χ4n) is 1.64. The van der Waals surface area contributed by atoms with Gasteiger partial charge in [0.05, 0.1) is 18.4 Å². The lowest BCUT2D eigenvalue weighted by Gasteiger charge is -2.11. The van der Waals surface area contributed by atoms with Crippen molar-refractivity contribution < 1.29 is 9.53 Å². The highest BCUT2D eigenvalue weighted by Gasteiger charge is 2.13. The van der Waals surface area contributed by atoms with Gasteiger partial charge in [-0.15, -0.1) is 0 Å². The summed E-state index contributed by atoms with van der Waals surface area (Å²) in [6.07, 6.45) is 0. The standard InChI is InChI=1S/C14H10Br2ClNO2/c1-20-13-5-2-8(15)6-12(13)18-14(19)10-4-3-9(17)7-11(10)16/h2-7H,1H3,(H,18,19). The number of benzene rings is 2. The zero-order valence-corrected chi connectivity index (χ0v) is 14.3. The van der Waals surface area contributed by atoms with Crippen LogP contribution in [0.15, 0.2) is 45.3 Å². The van der Waals surface area contributed by atoms with Gasteiger partial charge in [0.25, 0.3) is 5.91 Å². The summed E-state index contributed by atoms with van der Waals surface area (Å²) in [5.74, 6) is 0.344. The highest BCUT2D eigenvalue weighted by atomic mass is 79.9. The molecule has 20 heavy (non-hydrogen) atoms. The molecule has 0 fully saturated rings. The molecule has 6 heteroatoms. The molecule has 0 spiro atoms. The van der Waals surface area contributed by atoms with Gasteiger partial charge in [-0.1, -0.05) is 27.5 Å². The summed E-state index contributed by atoms with van der Waals surface area (Å²) >= 11 is 12.5. The third-order valence-electron chi connectivity index (χ3n) is 2.59. The zero-order valence-electron chi connectivity index (χ0n) is 10.4. The molecule has 0 heterocycles. The Kier molecular flexibility index (Phi) is 5.07. The maximum absolute atomic E-state index is 12.3. The third-order valence-corrected chi connectivity index (χ3v) is 3.97. The molecule has 0 radical (unpaired) electrons. The van der Waals surface area contributed by atoms with Crippen molar-refractivity contribution in [1.29, 1.82) is 0 Å². The van der Waals surface area contributed by atoms with Crippen molar-refractivity contribution in [3.05, 3.63) is 55.9 Å². The van der Waals surface area contributed by atoms with Gasteiger partial charge in [0, 0.05) is 14.0 Å². The minimum Gasteiger partial charge on any atom is -0.495 e. The lowest BCUT2D eigenvalue weighted by molar-refractivity contribution is 0.102. The average molecular weight is 420 g/mol. The number of carbonyl (C=O) groups excluding carboxylic acids is 1. The molecule has 0 aliphatic carbocycles. The van der Waals surface area contributed by atoms with Crippen molar-refractivity contribution in [3.63, 3.8) is 0 Å². The zero-order chi connectivity index (χ0) is 14.7. The molecule has 3 nitrogen and oxygen atoms in total. The number of nitrogens with one attached hydrogen (secondary N) is 1.